The number of nitrogens with zero attached hydrogens (tertiary/aromatic N) is 2. The molecule has 2 aromatic carbocycles. The van der Waals surface area contributed by atoms with Gasteiger partial charge in [0.25, 0.3) is 11.5 Å². The number of fused-ring (bicyclic) bond motifs is 1. The Morgan fingerprint density at radius 1 is 1.07 bits per heavy atom. The van der Waals surface area contributed by atoms with Crippen LogP contribution in [0.25, 0.3) is 10.8 Å². The molecule has 0 radical (unpaired) electrons. The summed E-state index contributed by atoms with van der Waals surface area (Å²) >= 11 is 0. The molecule has 3 aromatic rings. The first-order valence-corrected chi connectivity index (χ1v) is 9.02. The largest absolute Gasteiger partial charge is 0.370 e. The van der Waals surface area contributed by atoms with Gasteiger partial charge in [-0.05, 0) is 37.1 Å². The van der Waals surface area contributed by atoms with E-state index in [1.54, 1.807) is 42.5 Å². The van der Waals surface area contributed by atoms with Gasteiger partial charge in [0, 0.05) is 24.0 Å². The van der Waals surface area contributed by atoms with Crippen molar-refractivity contribution in [1.82, 2.24) is 10.2 Å². The number of H-pyrrole nitrogens is 1. The molecule has 0 atom stereocenters. The normalized spacial score (nSPS) is 13.6. The van der Waals surface area contributed by atoms with Gasteiger partial charge in [0.05, 0.1) is 16.8 Å². The van der Waals surface area contributed by atoms with Gasteiger partial charge in [0.1, 0.15) is 0 Å². The van der Waals surface area contributed by atoms with Gasteiger partial charge in [0.15, 0.2) is 5.69 Å². The molecule has 1 aromatic heterocycles. The second-order valence-electron chi connectivity index (χ2n) is 6.69. The van der Waals surface area contributed by atoms with Crippen LogP contribution in [0.4, 0.5) is 11.4 Å². The summed E-state index contributed by atoms with van der Waals surface area (Å²) in [6.07, 6.45) is 2.13. The van der Waals surface area contributed by atoms with E-state index in [1.807, 2.05) is 0 Å². The summed E-state index contributed by atoms with van der Waals surface area (Å²) in [6, 6.07) is 11.8. The molecule has 1 saturated heterocycles. The maximum atomic E-state index is 13.0. The minimum Gasteiger partial charge on any atom is -0.370 e. The smallest absolute Gasteiger partial charge is 0.276 e. The summed E-state index contributed by atoms with van der Waals surface area (Å²) in [7, 11) is 0. The van der Waals surface area contributed by atoms with Crippen LogP contribution in [0.15, 0.2) is 47.3 Å². The Morgan fingerprint density at radius 3 is 2.50 bits per heavy atom. The fourth-order valence-electron chi connectivity index (χ4n) is 3.49. The quantitative estimate of drug-likeness (QED) is 0.641. The van der Waals surface area contributed by atoms with E-state index in [9.17, 15) is 14.4 Å². The van der Waals surface area contributed by atoms with Gasteiger partial charge >= 0.3 is 0 Å². The number of anilines is 2. The van der Waals surface area contributed by atoms with Crippen LogP contribution in [-0.2, 0) is 0 Å². The molecule has 2 amide bonds. The fraction of sp³-hybridized carbons (Fsp3) is 0.200. The third kappa shape index (κ3) is 3.20. The molecule has 28 heavy (non-hydrogen) atoms. The van der Waals surface area contributed by atoms with Crippen molar-refractivity contribution in [3.05, 3.63) is 64.1 Å². The molecule has 1 fully saturated rings. The number of carbonyl (C=O) groups excluding carboxylic acids is 2. The zero-order valence-corrected chi connectivity index (χ0v) is 15.1. The average Bonchev–Trinajstić information content (AvgIpc) is 3.23. The fourth-order valence-corrected chi connectivity index (χ4v) is 3.49. The van der Waals surface area contributed by atoms with Gasteiger partial charge in [0.2, 0.25) is 5.91 Å². The summed E-state index contributed by atoms with van der Waals surface area (Å²) in [5.41, 5.74) is 6.76. The van der Waals surface area contributed by atoms with Gasteiger partial charge in [-0.15, -0.1) is 0 Å². The topological polar surface area (TPSA) is 121 Å². The van der Waals surface area contributed by atoms with E-state index in [0.717, 1.165) is 31.6 Å². The third-order valence-electron chi connectivity index (χ3n) is 4.89. The summed E-state index contributed by atoms with van der Waals surface area (Å²) in [4.78, 5) is 38.7. The zero-order valence-electron chi connectivity index (χ0n) is 15.1. The predicted molar refractivity (Wildman–Crippen MR) is 107 cm³/mol. The number of aromatic amines is 1. The van der Waals surface area contributed by atoms with Crippen molar-refractivity contribution in [2.75, 3.05) is 23.3 Å². The van der Waals surface area contributed by atoms with Gasteiger partial charge < -0.3 is 16.0 Å². The molecular formula is C20H19N5O3. The Balaban J connectivity index is 1.75. The number of benzene rings is 2. The van der Waals surface area contributed by atoms with Crippen molar-refractivity contribution in [2.24, 2.45) is 5.73 Å². The summed E-state index contributed by atoms with van der Waals surface area (Å²) in [5, 5.41) is 9.97. The van der Waals surface area contributed by atoms with Crippen LogP contribution < -0.4 is 21.5 Å². The standard InChI is InChI=1S/C20H19N5O3/c21-18(26)12-7-8-16(25-9-3-4-10-25)15(11-12)22-20(28)17-13-5-1-2-6-14(13)19(27)24-23-17/h1-2,5-8,11H,3-4,9-10H2,(H2,21,26)(H,22,28)(H,24,27). The lowest BCUT2D eigenvalue weighted by atomic mass is 10.1. The van der Waals surface area contributed by atoms with E-state index in [-0.39, 0.29) is 11.3 Å². The molecule has 0 saturated carbocycles. The lowest BCUT2D eigenvalue weighted by Crippen LogP contribution is -2.23. The maximum absolute atomic E-state index is 13.0. The number of hydrogen-bond acceptors (Lipinski definition) is 5. The van der Waals surface area contributed by atoms with E-state index >= 15 is 0 Å². The molecule has 2 heterocycles. The number of carbonyl (C=O) groups is 2. The lowest BCUT2D eigenvalue weighted by Gasteiger charge is -2.22. The molecule has 4 N–H and O–H groups in total. The Morgan fingerprint density at radius 2 is 1.79 bits per heavy atom. The highest BCUT2D eigenvalue weighted by Gasteiger charge is 2.20. The van der Waals surface area contributed by atoms with Gasteiger partial charge in [-0.3, -0.25) is 14.4 Å². The number of rotatable bonds is 4. The first-order valence-electron chi connectivity index (χ1n) is 9.02. The second kappa shape index (κ2) is 7.15. The maximum Gasteiger partial charge on any atom is 0.276 e. The number of nitrogens with one attached hydrogen (secondary N) is 2. The van der Waals surface area contributed by atoms with Crippen LogP contribution >= 0.6 is 0 Å². The monoisotopic (exact) mass is 377 g/mol. The molecule has 0 bridgehead atoms. The summed E-state index contributed by atoms with van der Waals surface area (Å²) in [6.45, 7) is 1.75. The molecule has 142 valence electrons. The zero-order chi connectivity index (χ0) is 19.7. The van der Waals surface area contributed by atoms with Crippen LogP contribution in [0.5, 0.6) is 0 Å². The molecular weight excluding hydrogens is 358 g/mol. The van der Waals surface area contributed by atoms with Crippen LogP contribution in [0.2, 0.25) is 0 Å². The summed E-state index contributed by atoms with van der Waals surface area (Å²) in [5.74, 6) is -1.05. The molecule has 0 unspecified atom stereocenters. The minimum atomic E-state index is -0.573. The average molecular weight is 377 g/mol. The van der Waals surface area contributed by atoms with Crippen molar-refractivity contribution in [1.29, 1.82) is 0 Å². The van der Waals surface area contributed by atoms with Crippen molar-refractivity contribution in [2.45, 2.75) is 12.8 Å². The number of nitrogens with two attached hydrogens (primary N) is 1. The SMILES string of the molecule is NC(=O)c1ccc(N2CCCC2)c(NC(=O)c2n[nH]c(=O)c3ccccc23)c1. The highest BCUT2D eigenvalue weighted by Crippen LogP contribution is 2.30. The van der Waals surface area contributed by atoms with E-state index in [0.29, 0.717) is 22.0 Å². The summed E-state index contributed by atoms with van der Waals surface area (Å²) < 4.78 is 0. The number of primary amides is 1. The van der Waals surface area contributed by atoms with Crippen molar-refractivity contribution in [3.8, 4) is 0 Å². The predicted octanol–water partition coefficient (Wildman–Crippen LogP) is 1.87. The molecule has 1 aliphatic rings. The van der Waals surface area contributed by atoms with Crippen LogP contribution in [0.3, 0.4) is 0 Å². The number of hydrogen-bond donors (Lipinski definition) is 3. The van der Waals surface area contributed by atoms with Crippen LogP contribution in [0, 0.1) is 0 Å². The van der Waals surface area contributed by atoms with E-state index < -0.39 is 11.8 Å². The molecule has 0 aliphatic carbocycles. The second-order valence-corrected chi connectivity index (χ2v) is 6.69. The van der Waals surface area contributed by atoms with Crippen LogP contribution in [0.1, 0.15) is 33.7 Å². The molecule has 8 heteroatoms. The number of amides is 2. The molecule has 4 rings (SSSR count). The third-order valence-corrected chi connectivity index (χ3v) is 4.89. The first-order chi connectivity index (χ1) is 13.5. The lowest BCUT2D eigenvalue weighted by molar-refractivity contribution is 0.0995. The Kier molecular flexibility index (Phi) is 4.52. The van der Waals surface area contributed by atoms with Gasteiger partial charge in [-0.25, -0.2) is 5.10 Å². The molecule has 0 spiro atoms. The van der Waals surface area contributed by atoms with Crippen molar-refractivity contribution >= 4 is 34.0 Å². The molecule has 1 aliphatic heterocycles. The highest BCUT2D eigenvalue weighted by atomic mass is 16.2. The molecule has 8 nitrogen and oxygen atoms in total. The van der Waals surface area contributed by atoms with Crippen LogP contribution in [-0.4, -0.2) is 35.1 Å². The van der Waals surface area contributed by atoms with E-state index in [1.165, 1.54) is 0 Å². The van der Waals surface area contributed by atoms with Gasteiger partial charge in [-0.2, -0.15) is 5.10 Å². The Hall–Kier alpha value is -3.68. The first kappa shape index (κ1) is 17.7. The van der Waals surface area contributed by atoms with Crippen molar-refractivity contribution in [3.63, 3.8) is 0 Å². The highest BCUT2D eigenvalue weighted by molar-refractivity contribution is 6.12. The Bertz CT molecular complexity index is 1130. The van der Waals surface area contributed by atoms with E-state index in [2.05, 4.69) is 20.4 Å². The van der Waals surface area contributed by atoms with E-state index in [4.69, 9.17) is 5.73 Å². The minimum absolute atomic E-state index is 0.104. The van der Waals surface area contributed by atoms with Gasteiger partial charge in [-0.1, -0.05) is 18.2 Å². The Labute approximate surface area is 160 Å². The van der Waals surface area contributed by atoms with Crippen molar-refractivity contribution < 1.29 is 9.59 Å². The number of aromatic nitrogens is 2.